The van der Waals surface area contributed by atoms with Crippen molar-refractivity contribution in [1.82, 2.24) is 4.98 Å². The van der Waals surface area contributed by atoms with Crippen molar-refractivity contribution < 1.29 is 14.3 Å². The average Bonchev–Trinajstić information content (AvgIpc) is 3.14. The van der Waals surface area contributed by atoms with E-state index in [2.05, 4.69) is 11.1 Å². The molecule has 1 aromatic heterocycles. The van der Waals surface area contributed by atoms with E-state index < -0.39 is 0 Å². The fraction of sp³-hybridized carbons (Fsp3) is 0.368. The number of nitrogens with zero attached hydrogens (tertiary/aromatic N) is 2. The molecular weight excluding hydrogens is 304 g/mol. The number of aromatic nitrogens is 1. The van der Waals surface area contributed by atoms with E-state index in [0.29, 0.717) is 24.7 Å². The molecule has 1 saturated heterocycles. The van der Waals surface area contributed by atoms with Gasteiger partial charge in [0.1, 0.15) is 6.10 Å². The first-order valence-electron chi connectivity index (χ1n) is 8.41. The molecule has 5 heteroatoms. The van der Waals surface area contributed by atoms with Crippen molar-refractivity contribution in [2.24, 2.45) is 0 Å². The van der Waals surface area contributed by atoms with Crippen LogP contribution in [0.15, 0.2) is 42.6 Å². The maximum Gasteiger partial charge on any atom is 0.258 e. The van der Waals surface area contributed by atoms with Crippen LogP contribution in [0.4, 0.5) is 5.69 Å². The van der Waals surface area contributed by atoms with E-state index in [0.717, 1.165) is 31.5 Å². The second-order valence-corrected chi connectivity index (χ2v) is 6.18. The van der Waals surface area contributed by atoms with Crippen molar-refractivity contribution in [2.75, 3.05) is 24.7 Å². The number of rotatable bonds is 3. The zero-order valence-corrected chi connectivity index (χ0v) is 13.5. The second kappa shape index (κ2) is 6.61. The maximum absolute atomic E-state index is 13.0. The van der Waals surface area contributed by atoms with Gasteiger partial charge < -0.3 is 14.4 Å². The summed E-state index contributed by atoms with van der Waals surface area (Å²) >= 11 is 0. The second-order valence-electron chi connectivity index (χ2n) is 6.18. The number of para-hydroxylation sites is 1. The molecule has 0 saturated carbocycles. The molecule has 24 heavy (non-hydrogen) atoms. The summed E-state index contributed by atoms with van der Waals surface area (Å²) in [5.74, 6) is 0.485. The summed E-state index contributed by atoms with van der Waals surface area (Å²) in [6.45, 7) is 2.04. The van der Waals surface area contributed by atoms with Gasteiger partial charge in [0.25, 0.3) is 5.91 Å². The van der Waals surface area contributed by atoms with Crippen molar-refractivity contribution in [3.63, 3.8) is 0 Å². The first-order chi connectivity index (χ1) is 11.8. The number of carbonyl (C=O) groups is 1. The van der Waals surface area contributed by atoms with Crippen LogP contribution in [0.1, 0.15) is 28.8 Å². The Morgan fingerprint density at radius 2 is 2.21 bits per heavy atom. The number of anilines is 1. The molecule has 2 aliphatic rings. The van der Waals surface area contributed by atoms with E-state index in [1.165, 1.54) is 5.56 Å². The SMILES string of the molecule is O=C(c1ccnc(OC2CCOC2)c1)N1CCCc2ccccc21. The number of hydrogen-bond donors (Lipinski definition) is 0. The minimum absolute atomic E-state index is 0.00271. The molecule has 0 bridgehead atoms. The molecule has 0 radical (unpaired) electrons. The van der Waals surface area contributed by atoms with E-state index in [1.54, 1.807) is 18.3 Å². The Morgan fingerprint density at radius 1 is 1.29 bits per heavy atom. The van der Waals surface area contributed by atoms with Crippen LogP contribution in [0.3, 0.4) is 0 Å². The lowest BCUT2D eigenvalue weighted by atomic mass is 10.0. The largest absolute Gasteiger partial charge is 0.472 e. The van der Waals surface area contributed by atoms with Gasteiger partial charge in [0.05, 0.1) is 13.2 Å². The van der Waals surface area contributed by atoms with Gasteiger partial charge in [-0.2, -0.15) is 0 Å². The van der Waals surface area contributed by atoms with Crippen LogP contribution in [0.2, 0.25) is 0 Å². The number of aryl methyl sites for hydroxylation is 1. The zero-order valence-electron chi connectivity index (χ0n) is 13.5. The Balaban J connectivity index is 1.56. The minimum atomic E-state index is -0.00271. The van der Waals surface area contributed by atoms with Crippen LogP contribution in [-0.2, 0) is 11.2 Å². The monoisotopic (exact) mass is 324 g/mol. The summed E-state index contributed by atoms with van der Waals surface area (Å²) in [5.41, 5.74) is 2.85. The molecule has 2 aliphatic heterocycles. The van der Waals surface area contributed by atoms with E-state index in [9.17, 15) is 4.79 Å². The van der Waals surface area contributed by atoms with E-state index in [-0.39, 0.29) is 12.0 Å². The van der Waals surface area contributed by atoms with Gasteiger partial charge in [-0.3, -0.25) is 4.79 Å². The van der Waals surface area contributed by atoms with Crippen LogP contribution < -0.4 is 9.64 Å². The van der Waals surface area contributed by atoms with Crippen molar-refractivity contribution in [3.05, 3.63) is 53.7 Å². The van der Waals surface area contributed by atoms with Gasteiger partial charge in [0.2, 0.25) is 5.88 Å². The van der Waals surface area contributed by atoms with Crippen molar-refractivity contribution in [3.8, 4) is 5.88 Å². The van der Waals surface area contributed by atoms with Crippen molar-refractivity contribution >= 4 is 11.6 Å². The highest BCUT2D eigenvalue weighted by atomic mass is 16.5. The molecule has 0 spiro atoms. The van der Waals surface area contributed by atoms with Gasteiger partial charge in [0.15, 0.2) is 0 Å². The van der Waals surface area contributed by atoms with Crippen LogP contribution in [-0.4, -0.2) is 36.8 Å². The van der Waals surface area contributed by atoms with Crippen LogP contribution in [0.25, 0.3) is 0 Å². The quantitative estimate of drug-likeness (QED) is 0.871. The fourth-order valence-corrected chi connectivity index (χ4v) is 3.28. The molecule has 3 heterocycles. The topological polar surface area (TPSA) is 51.7 Å². The number of carbonyl (C=O) groups excluding carboxylic acids is 1. The summed E-state index contributed by atoms with van der Waals surface area (Å²) in [6, 6.07) is 11.6. The number of amides is 1. The summed E-state index contributed by atoms with van der Waals surface area (Å²) < 4.78 is 11.1. The molecule has 5 nitrogen and oxygen atoms in total. The third-order valence-corrected chi connectivity index (χ3v) is 4.51. The molecule has 0 N–H and O–H groups in total. The third-order valence-electron chi connectivity index (χ3n) is 4.51. The Bertz CT molecular complexity index is 741. The highest BCUT2D eigenvalue weighted by molar-refractivity contribution is 6.06. The normalized spacial score (nSPS) is 19.8. The maximum atomic E-state index is 13.0. The highest BCUT2D eigenvalue weighted by Crippen LogP contribution is 2.28. The Morgan fingerprint density at radius 3 is 3.08 bits per heavy atom. The molecule has 1 amide bonds. The summed E-state index contributed by atoms with van der Waals surface area (Å²) in [5, 5.41) is 0. The third kappa shape index (κ3) is 2.99. The molecule has 1 unspecified atom stereocenters. The standard InChI is InChI=1S/C19H20N2O3/c22-19(21-10-3-5-14-4-1-2-6-17(14)21)15-7-9-20-18(12-15)24-16-8-11-23-13-16/h1-2,4,6-7,9,12,16H,3,5,8,10-11,13H2. The molecule has 1 atom stereocenters. The smallest absolute Gasteiger partial charge is 0.258 e. The van der Waals surface area contributed by atoms with Crippen LogP contribution in [0.5, 0.6) is 5.88 Å². The van der Waals surface area contributed by atoms with Crippen LogP contribution >= 0.6 is 0 Å². The number of hydrogen-bond acceptors (Lipinski definition) is 4. The Kier molecular flexibility index (Phi) is 4.17. The average molecular weight is 324 g/mol. The number of pyridine rings is 1. The molecule has 0 aliphatic carbocycles. The van der Waals surface area contributed by atoms with E-state index in [1.807, 2.05) is 23.1 Å². The van der Waals surface area contributed by atoms with E-state index in [4.69, 9.17) is 9.47 Å². The minimum Gasteiger partial charge on any atom is -0.472 e. The molecule has 4 rings (SSSR count). The number of benzene rings is 1. The van der Waals surface area contributed by atoms with Gasteiger partial charge in [-0.15, -0.1) is 0 Å². The molecule has 1 aromatic carbocycles. The Labute approximate surface area is 141 Å². The Hall–Kier alpha value is -2.40. The summed E-state index contributed by atoms with van der Waals surface area (Å²) in [6.07, 6.45) is 4.52. The lowest BCUT2D eigenvalue weighted by Crippen LogP contribution is -2.35. The van der Waals surface area contributed by atoms with Crippen molar-refractivity contribution in [1.29, 1.82) is 0 Å². The lowest BCUT2D eigenvalue weighted by Gasteiger charge is -2.29. The summed E-state index contributed by atoms with van der Waals surface area (Å²) in [7, 11) is 0. The number of ether oxygens (including phenoxy) is 2. The highest BCUT2D eigenvalue weighted by Gasteiger charge is 2.24. The van der Waals surface area contributed by atoms with Gasteiger partial charge in [-0.1, -0.05) is 18.2 Å². The van der Waals surface area contributed by atoms with Crippen LogP contribution in [0, 0.1) is 0 Å². The van der Waals surface area contributed by atoms with E-state index >= 15 is 0 Å². The molecular formula is C19H20N2O3. The predicted octanol–water partition coefficient (Wildman–Crippen LogP) is 2.84. The fourth-order valence-electron chi connectivity index (χ4n) is 3.28. The molecule has 2 aromatic rings. The number of fused-ring (bicyclic) bond motifs is 1. The summed E-state index contributed by atoms with van der Waals surface area (Å²) in [4.78, 5) is 19.1. The first-order valence-corrected chi connectivity index (χ1v) is 8.41. The van der Waals surface area contributed by atoms with Gasteiger partial charge >= 0.3 is 0 Å². The van der Waals surface area contributed by atoms with Gasteiger partial charge in [0, 0.05) is 36.5 Å². The first kappa shape index (κ1) is 15.1. The van der Waals surface area contributed by atoms with Crippen molar-refractivity contribution in [2.45, 2.75) is 25.4 Å². The van der Waals surface area contributed by atoms with Gasteiger partial charge in [-0.25, -0.2) is 4.98 Å². The van der Waals surface area contributed by atoms with Gasteiger partial charge in [-0.05, 0) is 30.5 Å². The zero-order chi connectivity index (χ0) is 16.4. The lowest BCUT2D eigenvalue weighted by molar-refractivity contribution is 0.0983. The molecule has 1 fully saturated rings. The molecule has 124 valence electrons. The predicted molar refractivity (Wildman–Crippen MR) is 90.5 cm³/mol.